The summed E-state index contributed by atoms with van der Waals surface area (Å²) in [5.41, 5.74) is 0. The predicted molar refractivity (Wildman–Crippen MR) is 31.0 cm³/mol. The molecule has 0 aromatic rings. The van der Waals surface area contributed by atoms with Crippen molar-refractivity contribution >= 4 is 31.1 Å². The van der Waals surface area contributed by atoms with Crippen LogP contribution in [0.15, 0.2) is 0 Å². The number of hydrogen-bond donors (Lipinski definition) is 1. The summed E-state index contributed by atoms with van der Waals surface area (Å²) < 4.78 is -0.403. The van der Waals surface area contributed by atoms with Gasteiger partial charge in [0.15, 0.2) is 0 Å². The van der Waals surface area contributed by atoms with E-state index in [4.69, 9.17) is 5.11 Å². The van der Waals surface area contributed by atoms with Crippen LogP contribution >= 0.6 is 12.9 Å². The third-order valence-corrected chi connectivity index (χ3v) is 5.10. The zero-order valence-electron chi connectivity index (χ0n) is 4.03. The number of halogens is 1. The fraction of sp³-hybridized carbons (Fsp3) is 1.00. The standard InChI is InChI=1S/C3H7O.BrH.Mg/c1-3(2)4;;/h4H,1-2H3;1H;/q;;+1/p-1. The molecule has 0 heterocycles. The first-order valence-corrected chi connectivity index (χ1v) is 6.45. The minimum absolute atomic E-state index is 0.380. The fourth-order valence-corrected chi connectivity index (χ4v) is 0. The summed E-state index contributed by atoms with van der Waals surface area (Å²) in [7, 11) is 0. The molecule has 0 rings (SSSR count). The van der Waals surface area contributed by atoms with Gasteiger partial charge in [0.2, 0.25) is 0 Å². The molecule has 0 aliphatic carbocycles. The van der Waals surface area contributed by atoms with E-state index in [-0.39, 0.29) is 18.2 Å². The average molecular weight is 163 g/mol. The molecule has 0 aromatic carbocycles. The van der Waals surface area contributed by atoms with Gasteiger partial charge in [-0.15, -0.1) is 0 Å². The largest absolute Gasteiger partial charge is 0.512 e. The van der Waals surface area contributed by atoms with Crippen LogP contribution in [-0.2, 0) is 0 Å². The lowest BCUT2D eigenvalue weighted by Crippen LogP contribution is -2.22. The summed E-state index contributed by atoms with van der Waals surface area (Å²) in [5, 5.41) is 8.84. The molecule has 0 amide bonds. The molecule has 6 heavy (non-hydrogen) atoms. The lowest BCUT2D eigenvalue weighted by atomic mass is 10.5. The Morgan fingerprint density at radius 2 is 1.83 bits per heavy atom. The summed E-state index contributed by atoms with van der Waals surface area (Å²) in [6.45, 7) is 3.63. The van der Waals surface area contributed by atoms with Crippen molar-refractivity contribution < 1.29 is 5.11 Å². The molecular formula is C3H7BrMgO. The average Bonchev–Trinajstić information content (AvgIpc) is 1.35. The highest BCUT2D eigenvalue weighted by atomic mass is 79.9. The van der Waals surface area contributed by atoms with E-state index in [1.54, 1.807) is 0 Å². The second-order valence-corrected chi connectivity index (χ2v) is 5.63. The van der Waals surface area contributed by atoms with Gasteiger partial charge in [-0.2, -0.15) is 0 Å². The van der Waals surface area contributed by atoms with Gasteiger partial charge < -0.3 is 18.0 Å². The summed E-state index contributed by atoms with van der Waals surface area (Å²) in [5.74, 6) is 0. The normalized spacial score (nSPS) is 10.7. The second-order valence-electron chi connectivity index (χ2n) is 1.95. The minimum Gasteiger partial charge on any atom is -0.417 e. The summed E-state index contributed by atoms with van der Waals surface area (Å²) in [6, 6.07) is 0. The van der Waals surface area contributed by atoms with Gasteiger partial charge in [-0.3, -0.25) is 0 Å². The minimum atomic E-state index is -0.403. The highest BCUT2D eigenvalue weighted by molar-refractivity contribution is 9.23. The third-order valence-electron chi connectivity index (χ3n) is 0.327. The first-order valence-electron chi connectivity index (χ1n) is 1.84. The molecule has 0 aliphatic heterocycles. The van der Waals surface area contributed by atoms with Gasteiger partial charge in [0.25, 0.3) is 0 Å². The van der Waals surface area contributed by atoms with E-state index in [0.29, 0.717) is 0 Å². The first kappa shape index (κ1) is 7.21. The molecule has 0 spiro atoms. The Kier molecular flexibility index (Phi) is 3.00. The van der Waals surface area contributed by atoms with Gasteiger partial charge in [-0.1, -0.05) is 13.8 Å². The smallest absolute Gasteiger partial charge is 0.417 e. The molecule has 0 fully saturated rings. The van der Waals surface area contributed by atoms with Crippen molar-refractivity contribution in [1.29, 1.82) is 0 Å². The molecule has 0 unspecified atom stereocenters. The third kappa shape index (κ3) is 5.21. The molecule has 1 N–H and O–H groups in total. The van der Waals surface area contributed by atoms with Crippen LogP contribution in [0.25, 0.3) is 0 Å². The van der Waals surface area contributed by atoms with Crippen molar-refractivity contribution in [3.05, 3.63) is 0 Å². The van der Waals surface area contributed by atoms with Crippen molar-refractivity contribution in [2.75, 3.05) is 0 Å². The lowest BCUT2D eigenvalue weighted by Gasteiger charge is -2.09. The maximum atomic E-state index is 8.84. The Morgan fingerprint density at radius 3 is 1.83 bits per heavy atom. The SMILES string of the molecule is C[C](C)(O)[Mg][Br]. The quantitative estimate of drug-likeness (QED) is 0.565. The molecular weight excluding hydrogens is 156 g/mol. The van der Waals surface area contributed by atoms with E-state index < -0.39 is 3.73 Å². The highest BCUT2D eigenvalue weighted by Crippen LogP contribution is 1.99. The molecule has 0 aromatic heterocycles. The Labute approximate surface area is 53.7 Å². The first-order chi connectivity index (χ1) is 2.56. The molecule has 0 saturated carbocycles. The van der Waals surface area contributed by atoms with Crippen LogP contribution in [0.3, 0.4) is 0 Å². The zero-order chi connectivity index (χ0) is 5.21. The number of hydrogen-bond acceptors (Lipinski definition) is 1. The van der Waals surface area contributed by atoms with E-state index in [9.17, 15) is 0 Å². The number of aliphatic hydroxyl groups is 1. The molecule has 1 nitrogen and oxygen atoms in total. The van der Waals surface area contributed by atoms with Crippen LogP contribution in [0.4, 0.5) is 0 Å². The van der Waals surface area contributed by atoms with Gasteiger partial charge in [-0.05, 0) is 3.73 Å². The van der Waals surface area contributed by atoms with E-state index in [2.05, 4.69) is 12.9 Å². The highest BCUT2D eigenvalue weighted by Gasteiger charge is 2.12. The molecule has 0 radical (unpaired) electrons. The monoisotopic (exact) mass is 162 g/mol. The summed E-state index contributed by atoms with van der Waals surface area (Å²) in [6.07, 6.45) is 0. The fourth-order valence-electron chi connectivity index (χ4n) is 0. The van der Waals surface area contributed by atoms with Gasteiger partial charge >= 0.3 is 18.2 Å². The van der Waals surface area contributed by atoms with Gasteiger partial charge in [0.05, 0.1) is 0 Å². The molecule has 34 valence electrons. The van der Waals surface area contributed by atoms with Crippen molar-refractivity contribution in [1.82, 2.24) is 0 Å². The Balaban J connectivity index is 3.17. The number of rotatable bonds is 1. The second kappa shape index (κ2) is 2.50. The van der Waals surface area contributed by atoms with Crippen molar-refractivity contribution in [3.8, 4) is 0 Å². The topological polar surface area (TPSA) is 20.2 Å². The van der Waals surface area contributed by atoms with Crippen molar-refractivity contribution in [3.63, 3.8) is 0 Å². The van der Waals surface area contributed by atoms with Crippen LogP contribution < -0.4 is 0 Å². The van der Waals surface area contributed by atoms with E-state index in [1.807, 2.05) is 13.8 Å². The van der Waals surface area contributed by atoms with Crippen LogP contribution in [0.5, 0.6) is 0 Å². The van der Waals surface area contributed by atoms with Crippen LogP contribution in [-0.4, -0.2) is 27.0 Å². The molecule has 0 bridgehead atoms. The van der Waals surface area contributed by atoms with Crippen molar-refractivity contribution in [2.45, 2.75) is 17.6 Å². The zero-order valence-corrected chi connectivity index (χ0v) is 7.03. The van der Waals surface area contributed by atoms with Crippen LogP contribution in [0, 0.1) is 0 Å². The molecule has 0 aliphatic rings. The Morgan fingerprint density at radius 1 is 1.67 bits per heavy atom. The van der Waals surface area contributed by atoms with Crippen molar-refractivity contribution in [2.24, 2.45) is 0 Å². The molecule has 3 heteroatoms. The van der Waals surface area contributed by atoms with E-state index in [1.165, 1.54) is 0 Å². The summed E-state index contributed by atoms with van der Waals surface area (Å²) >= 11 is 2.88. The maximum Gasteiger partial charge on any atom is 0.512 e. The predicted octanol–water partition coefficient (Wildman–Crippen LogP) is 0.729. The summed E-state index contributed by atoms with van der Waals surface area (Å²) in [4.78, 5) is 0. The molecule has 0 saturated heterocycles. The Bertz CT molecular complexity index is 40.5. The van der Waals surface area contributed by atoms with Gasteiger partial charge in [0.1, 0.15) is 0 Å². The van der Waals surface area contributed by atoms with E-state index >= 15 is 0 Å². The molecule has 0 atom stereocenters. The maximum absolute atomic E-state index is 8.84. The van der Waals surface area contributed by atoms with E-state index in [0.717, 1.165) is 0 Å². The Hall–Kier alpha value is 1.21. The van der Waals surface area contributed by atoms with Crippen LogP contribution in [0.2, 0.25) is 0 Å². The van der Waals surface area contributed by atoms with Crippen LogP contribution in [0.1, 0.15) is 13.8 Å². The lowest BCUT2D eigenvalue weighted by molar-refractivity contribution is 0.169. The van der Waals surface area contributed by atoms with Gasteiger partial charge in [0, 0.05) is 0 Å². The van der Waals surface area contributed by atoms with Gasteiger partial charge in [-0.25, -0.2) is 0 Å².